The summed E-state index contributed by atoms with van der Waals surface area (Å²) in [5.41, 5.74) is 2.23. The molecule has 0 fully saturated rings. The van der Waals surface area contributed by atoms with Crippen LogP contribution in [-0.2, 0) is 33.3 Å². The van der Waals surface area contributed by atoms with Crippen LogP contribution in [0.2, 0.25) is 10.0 Å². The summed E-state index contributed by atoms with van der Waals surface area (Å²) >= 11 is 12.2. The normalized spacial score (nSPS) is 20.4. The van der Waals surface area contributed by atoms with Crippen LogP contribution in [0.1, 0.15) is 87.8 Å². The minimum Gasteiger partial charge on any atom is -0.488 e. The Morgan fingerprint density at radius 2 is 1.41 bits per heavy atom. The molecule has 3 heterocycles. The van der Waals surface area contributed by atoms with Gasteiger partial charge in [-0.2, -0.15) is 0 Å². The number of anilines is 1. The second-order valence-electron chi connectivity index (χ2n) is 15.0. The number of hydrogen-bond donors (Lipinski definition) is 2. The largest absolute Gasteiger partial charge is 0.488 e. The van der Waals surface area contributed by atoms with Crippen LogP contribution in [0.25, 0.3) is 0 Å². The molecule has 0 spiro atoms. The number of carboxylic acids is 1. The van der Waals surface area contributed by atoms with Crippen LogP contribution in [0.15, 0.2) is 72.8 Å². The predicted octanol–water partition coefficient (Wildman–Crippen LogP) is 9.44. The van der Waals surface area contributed by atoms with Gasteiger partial charge in [-0.15, -0.1) is 0 Å². The average molecular weight is 732 g/mol. The van der Waals surface area contributed by atoms with E-state index in [4.69, 9.17) is 32.7 Å². The third-order valence-corrected chi connectivity index (χ3v) is 10.9. The quantitative estimate of drug-likeness (QED) is 0.155. The second-order valence-corrected chi connectivity index (χ2v) is 15.9. The van der Waals surface area contributed by atoms with Gasteiger partial charge in [-0.1, -0.05) is 47.5 Å². The van der Waals surface area contributed by atoms with Gasteiger partial charge in [-0.3, -0.25) is 19.7 Å². The van der Waals surface area contributed by atoms with Crippen LogP contribution in [0.5, 0.6) is 11.5 Å². The molecule has 3 aliphatic rings. The molecule has 0 aromatic heterocycles. The Morgan fingerprint density at radius 1 is 0.843 bits per heavy atom. The van der Waals surface area contributed by atoms with E-state index in [1.165, 1.54) is 25.1 Å². The molecule has 1 unspecified atom stereocenters. The molecule has 266 valence electrons. The van der Waals surface area contributed by atoms with Gasteiger partial charge in [0.25, 0.3) is 5.69 Å². The van der Waals surface area contributed by atoms with Gasteiger partial charge in [0, 0.05) is 21.8 Å². The Hall–Kier alpha value is -4.60. The number of nitrogens with one attached hydrogen (secondary N) is 1. The van der Waals surface area contributed by atoms with E-state index in [-0.39, 0.29) is 33.4 Å². The van der Waals surface area contributed by atoms with E-state index >= 15 is 0 Å². The average Bonchev–Trinajstić information content (AvgIpc) is 3.32. The van der Waals surface area contributed by atoms with Gasteiger partial charge in [-0.25, -0.2) is 0 Å². The van der Waals surface area contributed by atoms with Crippen molar-refractivity contribution in [3.8, 4) is 11.5 Å². The van der Waals surface area contributed by atoms with Crippen LogP contribution in [-0.4, -0.2) is 33.1 Å². The number of carbonyl (C=O) groups is 2. The van der Waals surface area contributed by atoms with Crippen molar-refractivity contribution in [3.63, 3.8) is 0 Å². The van der Waals surface area contributed by atoms with Crippen LogP contribution in [0.4, 0.5) is 11.4 Å². The molecule has 2 atom stereocenters. The Labute approximate surface area is 307 Å². The Kier molecular flexibility index (Phi) is 9.13. The summed E-state index contributed by atoms with van der Waals surface area (Å²) in [6, 6.07) is 20.8. The number of aryl methyl sites for hydroxylation is 2. The molecule has 1 amide bonds. The van der Waals surface area contributed by atoms with Crippen molar-refractivity contribution in [2.45, 2.75) is 89.3 Å². The van der Waals surface area contributed by atoms with E-state index in [2.05, 4.69) is 25.2 Å². The van der Waals surface area contributed by atoms with Crippen molar-refractivity contribution in [2.24, 2.45) is 0 Å². The topological polar surface area (TPSA) is 128 Å². The van der Waals surface area contributed by atoms with Crippen LogP contribution >= 0.6 is 23.2 Å². The Morgan fingerprint density at radius 3 is 2.02 bits per heavy atom. The molecule has 2 N–H and O–H groups in total. The van der Waals surface area contributed by atoms with Gasteiger partial charge in [-0.05, 0) is 138 Å². The highest BCUT2D eigenvalue weighted by Gasteiger charge is 2.45. The van der Waals surface area contributed by atoms with Crippen LogP contribution in [0, 0.1) is 10.1 Å². The highest BCUT2D eigenvalue weighted by molar-refractivity contribution is 6.31. The molecule has 0 radical (unpaired) electrons. The summed E-state index contributed by atoms with van der Waals surface area (Å²) in [7, 11) is 0. The van der Waals surface area contributed by atoms with E-state index in [0.29, 0.717) is 16.3 Å². The number of carboxylic acid groups (broad SMARTS) is 1. The molecular weight excluding hydrogens is 691 g/mol. The fourth-order valence-electron chi connectivity index (χ4n) is 7.10. The summed E-state index contributed by atoms with van der Waals surface area (Å²) in [6.45, 7) is 11.6. The number of fused-ring (bicyclic) bond motifs is 3. The lowest BCUT2D eigenvalue weighted by Gasteiger charge is -2.34. The summed E-state index contributed by atoms with van der Waals surface area (Å²) < 4.78 is 12.0. The van der Waals surface area contributed by atoms with Crippen molar-refractivity contribution in [1.82, 2.24) is 0 Å². The first-order chi connectivity index (χ1) is 23.8. The van der Waals surface area contributed by atoms with Crippen LogP contribution < -0.4 is 14.8 Å². The number of nitro groups is 1. The molecule has 51 heavy (non-hydrogen) atoms. The van der Waals surface area contributed by atoms with Crippen molar-refractivity contribution in [2.75, 3.05) is 5.32 Å². The minimum atomic E-state index is -1.63. The lowest BCUT2D eigenvalue weighted by atomic mass is 9.74. The zero-order valence-electron chi connectivity index (χ0n) is 29.4. The zero-order valence-corrected chi connectivity index (χ0v) is 30.9. The molecular formula is C40H40Cl2N2O7. The molecule has 4 aromatic carbocycles. The molecule has 7 rings (SSSR count). The SMILES string of the molecule is CC1(C)CCc2cc(C(C)(C(=O)O)c3cc(Cl)ccc3[N+](=O)[O-])ccc2O1.CC1(C)CCc2cc([C@]3(C)C(=O)Nc4ccc(Cl)cc43)ccc2O1. The second kappa shape index (κ2) is 12.9. The lowest BCUT2D eigenvalue weighted by Crippen LogP contribution is -2.36. The number of amides is 1. The molecule has 3 aliphatic heterocycles. The maximum absolute atomic E-state index is 12.8. The van der Waals surface area contributed by atoms with Crippen molar-refractivity contribution in [3.05, 3.63) is 126 Å². The first kappa shape index (κ1) is 36.2. The molecule has 9 nitrogen and oxygen atoms in total. The lowest BCUT2D eigenvalue weighted by molar-refractivity contribution is -0.385. The summed E-state index contributed by atoms with van der Waals surface area (Å²) in [4.78, 5) is 35.9. The number of nitrogens with zero attached hydrogens (tertiary/aromatic N) is 1. The van der Waals surface area contributed by atoms with E-state index in [0.717, 1.165) is 59.4 Å². The van der Waals surface area contributed by atoms with Gasteiger partial charge in [0.05, 0.1) is 15.9 Å². The fourth-order valence-corrected chi connectivity index (χ4v) is 7.44. The van der Waals surface area contributed by atoms with Crippen molar-refractivity contribution < 1.29 is 29.1 Å². The highest BCUT2D eigenvalue weighted by Crippen LogP contribution is 2.46. The first-order valence-electron chi connectivity index (χ1n) is 16.8. The smallest absolute Gasteiger partial charge is 0.318 e. The molecule has 11 heteroatoms. The Balaban J connectivity index is 0.000000177. The number of ether oxygens (including phenoxy) is 2. The number of hydrogen-bond acceptors (Lipinski definition) is 6. The maximum Gasteiger partial charge on any atom is 0.318 e. The number of aliphatic carboxylic acids is 1. The van der Waals surface area contributed by atoms with Crippen LogP contribution in [0.3, 0.4) is 0 Å². The number of rotatable bonds is 5. The first-order valence-corrected chi connectivity index (χ1v) is 17.5. The molecule has 0 bridgehead atoms. The number of carbonyl (C=O) groups excluding carboxylic acids is 1. The minimum absolute atomic E-state index is 0.0169. The molecule has 0 aliphatic carbocycles. The zero-order chi connectivity index (χ0) is 37.1. The highest BCUT2D eigenvalue weighted by atomic mass is 35.5. The van der Waals surface area contributed by atoms with E-state index in [9.17, 15) is 24.8 Å². The van der Waals surface area contributed by atoms with Gasteiger partial charge >= 0.3 is 5.97 Å². The summed E-state index contributed by atoms with van der Waals surface area (Å²) in [5, 5.41) is 25.4. The summed E-state index contributed by atoms with van der Waals surface area (Å²) in [5.74, 6) is 0.424. The monoisotopic (exact) mass is 730 g/mol. The predicted molar refractivity (Wildman–Crippen MR) is 198 cm³/mol. The standard InChI is InChI=1S/C20H20ClNO5.C20H20ClNO2/c1-19(2)9-8-12-10-13(4-7-17(12)27-19)20(3,18(23)24)15-11-14(21)5-6-16(15)22(25)26;1-19(2)9-8-12-10-13(4-7-17(12)24-19)20(3)15-11-14(21)5-6-16(15)22-18(20)23/h4-7,10-11H,8-9H2,1-3H3,(H,23,24);4-7,10-11H,8-9H2,1-3H3,(H,22,23)/t;20-/m.0/s1. The van der Waals surface area contributed by atoms with E-state index in [1.54, 1.807) is 24.3 Å². The number of halogens is 2. The number of benzene rings is 4. The molecule has 4 aromatic rings. The molecule has 0 saturated heterocycles. The van der Waals surface area contributed by atoms with Gasteiger partial charge in [0.1, 0.15) is 28.1 Å². The number of nitro benzene ring substituents is 1. The fraction of sp³-hybridized carbons (Fsp3) is 0.350. The van der Waals surface area contributed by atoms with E-state index in [1.807, 2.05) is 45.0 Å². The Bertz CT molecular complexity index is 2100. The van der Waals surface area contributed by atoms with Crippen molar-refractivity contribution >= 4 is 46.5 Å². The van der Waals surface area contributed by atoms with Gasteiger partial charge in [0.15, 0.2) is 0 Å². The third-order valence-electron chi connectivity index (χ3n) is 10.4. The molecule has 0 saturated carbocycles. The van der Waals surface area contributed by atoms with Gasteiger partial charge < -0.3 is 19.9 Å². The summed E-state index contributed by atoms with van der Waals surface area (Å²) in [6.07, 6.45) is 3.46. The van der Waals surface area contributed by atoms with Crippen molar-refractivity contribution in [1.29, 1.82) is 0 Å². The third kappa shape index (κ3) is 6.65. The van der Waals surface area contributed by atoms with Gasteiger partial charge in [0.2, 0.25) is 5.91 Å². The van der Waals surface area contributed by atoms with E-state index < -0.39 is 21.7 Å². The maximum atomic E-state index is 12.8.